The number of hydrogen-bond donors (Lipinski definition) is 1. The first-order valence-corrected chi connectivity index (χ1v) is 2.91. The predicted molar refractivity (Wildman–Crippen MR) is 34.4 cm³/mol. The van der Waals surface area contributed by atoms with Crippen molar-refractivity contribution < 1.29 is 0 Å². The maximum Gasteiger partial charge on any atom is 0.110 e. The minimum atomic E-state index is 0.583. The number of hydrogen-bond acceptors (Lipinski definition) is 1. The third-order valence-electron chi connectivity index (χ3n) is 1.58. The van der Waals surface area contributed by atoms with Crippen molar-refractivity contribution in [1.82, 2.24) is 5.32 Å². The van der Waals surface area contributed by atoms with Crippen LogP contribution in [0.1, 0.15) is 13.3 Å². The molecule has 1 fully saturated rings. The zero-order valence-corrected chi connectivity index (χ0v) is 5.12. The van der Waals surface area contributed by atoms with Crippen LogP contribution in [0.2, 0.25) is 5.31 Å². The highest BCUT2D eigenvalue weighted by atomic mass is 14.9. The van der Waals surface area contributed by atoms with E-state index in [1.807, 2.05) is 0 Å². The summed E-state index contributed by atoms with van der Waals surface area (Å²) in [7, 11) is 2.30. The molecule has 1 rings (SSSR count). The summed E-state index contributed by atoms with van der Waals surface area (Å²) in [4.78, 5) is 0. The van der Waals surface area contributed by atoms with Crippen molar-refractivity contribution in [3.63, 3.8) is 0 Å². The van der Waals surface area contributed by atoms with Crippen molar-refractivity contribution >= 4 is 7.85 Å². The standard InChI is InChI=1S/C5H12BN/c1-5(6)2-3-7-4-5/h7H,2-4,6H2,1H3. The smallest absolute Gasteiger partial charge is 0.110 e. The van der Waals surface area contributed by atoms with E-state index >= 15 is 0 Å². The molecule has 1 unspecified atom stereocenters. The normalized spacial score (nSPS) is 41.9. The van der Waals surface area contributed by atoms with Gasteiger partial charge in [-0.2, -0.15) is 0 Å². The lowest BCUT2D eigenvalue weighted by molar-refractivity contribution is 0.680. The van der Waals surface area contributed by atoms with Gasteiger partial charge in [0, 0.05) is 0 Å². The Morgan fingerprint density at radius 3 is 2.57 bits per heavy atom. The van der Waals surface area contributed by atoms with E-state index in [0.717, 1.165) is 0 Å². The first-order chi connectivity index (χ1) is 3.21. The summed E-state index contributed by atoms with van der Waals surface area (Å²) >= 11 is 0. The van der Waals surface area contributed by atoms with Crippen LogP contribution in [0.3, 0.4) is 0 Å². The average Bonchev–Trinajstić information content (AvgIpc) is 1.84. The predicted octanol–water partition coefficient (Wildman–Crippen LogP) is -0.209. The maximum atomic E-state index is 3.31. The molecule has 0 amide bonds. The molecular formula is C5H12BN. The SMILES string of the molecule is BC1(C)CCNC1. The molecule has 1 nitrogen and oxygen atoms in total. The van der Waals surface area contributed by atoms with Gasteiger partial charge < -0.3 is 5.32 Å². The first-order valence-electron chi connectivity index (χ1n) is 2.91. The lowest BCUT2D eigenvalue weighted by atomic mass is 9.70. The van der Waals surface area contributed by atoms with Gasteiger partial charge in [0.05, 0.1) is 0 Å². The fourth-order valence-electron chi connectivity index (χ4n) is 0.942. The summed E-state index contributed by atoms with van der Waals surface area (Å²) in [5, 5.41) is 3.90. The van der Waals surface area contributed by atoms with Crippen molar-refractivity contribution in [2.24, 2.45) is 0 Å². The third kappa shape index (κ3) is 1.20. The Balaban J connectivity index is 2.40. The Bertz CT molecular complexity index is 62.5. The van der Waals surface area contributed by atoms with Crippen molar-refractivity contribution in [3.05, 3.63) is 0 Å². The van der Waals surface area contributed by atoms with E-state index in [0.29, 0.717) is 5.31 Å². The zero-order valence-electron chi connectivity index (χ0n) is 5.12. The second-order valence-corrected chi connectivity index (χ2v) is 3.09. The summed E-state index contributed by atoms with van der Waals surface area (Å²) in [6, 6.07) is 0. The Labute approximate surface area is 45.9 Å². The lowest BCUT2D eigenvalue weighted by Crippen LogP contribution is -2.12. The molecule has 1 saturated heterocycles. The highest BCUT2D eigenvalue weighted by Gasteiger charge is 2.21. The van der Waals surface area contributed by atoms with Crippen LogP contribution >= 0.6 is 0 Å². The number of nitrogens with one attached hydrogen (secondary N) is 1. The van der Waals surface area contributed by atoms with Gasteiger partial charge in [-0.05, 0) is 24.8 Å². The van der Waals surface area contributed by atoms with E-state index in [-0.39, 0.29) is 0 Å². The summed E-state index contributed by atoms with van der Waals surface area (Å²) < 4.78 is 0. The molecule has 0 aromatic rings. The zero-order chi connectivity index (χ0) is 5.33. The van der Waals surface area contributed by atoms with E-state index in [1.165, 1.54) is 19.5 Å². The molecular weight excluding hydrogens is 84.9 g/mol. The lowest BCUT2D eigenvalue weighted by Gasteiger charge is -2.12. The maximum absolute atomic E-state index is 3.31. The third-order valence-corrected chi connectivity index (χ3v) is 1.58. The molecule has 0 aliphatic carbocycles. The largest absolute Gasteiger partial charge is 0.317 e. The molecule has 1 atom stereocenters. The molecule has 40 valence electrons. The van der Waals surface area contributed by atoms with Crippen LogP contribution in [0.15, 0.2) is 0 Å². The minimum absolute atomic E-state index is 0.583. The molecule has 1 aliphatic rings. The van der Waals surface area contributed by atoms with Gasteiger partial charge in [0.1, 0.15) is 7.85 Å². The highest BCUT2D eigenvalue weighted by Crippen LogP contribution is 2.26. The first kappa shape index (κ1) is 5.17. The molecule has 0 saturated carbocycles. The Hall–Kier alpha value is 0.0249. The summed E-state index contributed by atoms with van der Waals surface area (Å²) in [5.74, 6) is 0. The van der Waals surface area contributed by atoms with Crippen molar-refractivity contribution in [3.8, 4) is 0 Å². The van der Waals surface area contributed by atoms with Gasteiger partial charge in [0.15, 0.2) is 0 Å². The molecule has 7 heavy (non-hydrogen) atoms. The summed E-state index contributed by atoms with van der Waals surface area (Å²) in [5.41, 5.74) is 0. The quantitative estimate of drug-likeness (QED) is 0.412. The average molecular weight is 97.0 g/mol. The van der Waals surface area contributed by atoms with Crippen LogP contribution < -0.4 is 5.32 Å². The van der Waals surface area contributed by atoms with Crippen molar-refractivity contribution in [1.29, 1.82) is 0 Å². The van der Waals surface area contributed by atoms with Gasteiger partial charge in [-0.1, -0.05) is 6.92 Å². The molecule has 0 aromatic carbocycles. The summed E-state index contributed by atoms with van der Waals surface area (Å²) in [6.07, 6.45) is 1.34. The second-order valence-electron chi connectivity index (χ2n) is 3.09. The molecule has 0 spiro atoms. The Morgan fingerprint density at radius 2 is 2.43 bits per heavy atom. The molecule has 1 heterocycles. The van der Waals surface area contributed by atoms with Crippen LogP contribution in [-0.4, -0.2) is 20.9 Å². The van der Waals surface area contributed by atoms with Gasteiger partial charge in [-0.3, -0.25) is 0 Å². The Morgan fingerprint density at radius 1 is 1.71 bits per heavy atom. The van der Waals surface area contributed by atoms with E-state index in [4.69, 9.17) is 0 Å². The molecule has 2 heteroatoms. The van der Waals surface area contributed by atoms with Crippen LogP contribution in [-0.2, 0) is 0 Å². The molecule has 0 bridgehead atoms. The van der Waals surface area contributed by atoms with Crippen molar-refractivity contribution in [2.45, 2.75) is 18.7 Å². The molecule has 1 N–H and O–H groups in total. The highest BCUT2D eigenvalue weighted by molar-refractivity contribution is 6.15. The van der Waals surface area contributed by atoms with Crippen LogP contribution in [0, 0.1) is 0 Å². The fourth-order valence-corrected chi connectivity index (χ4v) is 0.942. The number of rotatable bonds is 0. The van der Waals surface area contributed by atoms with Gasteiger partial charge in [0.25, 0.3) is 0 Å². The minimum Gasteiger partial charge on any atom is -0.317 e. The molecule has 0 aromatic heterocycles. The van der Waals surface area contributed by atoms with E-state index in [2.05, 4.69) is 20.1 Å². The van der Waals surface area contributed by atoms with Gasteiger partial charge in [-0.15, -0.1) is 0 Å². The molecule has 1 aliphatic heterocycles. The van der Waals surface area contributed by atoms with Gasteiger partial charge >= 0.3 is 0 Å². The van der Waals surface area contributed by atoms with E-state index in [9.17, 15) is 0 Å². The fraction of sp³-hybridized carbons (Fsp3) is 1.00. The topological polar surface area (TPSA) is 12.0 Å². The summed E-state index contributed by atoms with van der Waals surface area (Å²) in [6.45, 7) is 4.72. The van der Waals surface area contributed by atoms with Crippen LogP contribution in [0.5, 0.6) is 0 Å². The van der Waals surface area contributed by atoms with E-state index in [1.54, 1.807) is 0 Å². The van der Waals surface area contributed by atoms with Crippen LogP contribution in [0.25, 0.3) is 0 Å². The van der Waals surface area contributed by atoms with Gasteiger partial charge in [-0.25, -0.2) is 0 Å². The monoisotopic (exact) mass is 97.1 g/mol. The van der Waals surface area contributed by atoms with E-state index < -0.39 is 0 Å². The van der Waals surface area contributed by atoms with Gasteiger partial charge in [0.2, 0.25) is 0 Å². The molecule has 0 radical (unpaired) electrons. The van der Waals surface area contributed by atoms with Crippen molar-refractivity contribution in [2.75, 3.05) is 13.1 Å². The van der Waals surface area contributed by atoms with Crippen LogP contribution in [0.4, 0.5) is 0 Å². The Kier molecular flexibility index (Phi) is 1.12. The second kappa shape index (κ2) is 1.51.